The van der Waals surface area contributed by atoms with Gasteiger partial charge in [0.15, 0.2) is 0 Å². The Balaban J connectivity index is 2.17. The van der Waals surface area contributed by atoms with Crippen LogP contribution in [0.3, 0.4) is 0 Å². The number of carbonyl (C=O) groups is 1. The third-order valence-electron chi connectivity index (χ3n) is 2.64. The summed E-state index contributed by atoms with van der Waals surface area (Å²) in [6, 6.07) is 9.20. The lowest BCUT2D eigenvalue weighted by Crippen LogP contribution is -2.14. The highest BCUT2D eigenvalue weighted by Gasteiger charge is 2.07. The fourth-order valence-electron chi connectivity index (χ4n) is 1.65. The van der Waals surface area contributed by atoms with E-state index in [4.69, 9.17) is 5.73 Å². The first-order valence-electron chi connectivity index (χ1n) is 5.85. The van der Waals surface area contributed by atoms with E-state index in [0.29, 0.717) is 11.3 Å². The topological polar surface area (TPSA) is 71.2 Å². The lowest BCUT2D eigenvalue weighted by Gasteiger charge is -2.14. The Labute approximate surface area is 112 Å². The van der Waals surface area contributed by atoms with E-state index >= 15 is 0 Å². The van der Waals surface area contributed by atoms with Gasteiger partial charge in [-0.3, -0.25) is 9.78 Å². The molecule has 98 valence electrons. The zero-order chi connectivity index (χ0) is 13.8. The molecule has 0 atom stereocenters. The minimum Gasteiger partial charge on any atom is -0.397 e. The molecule has 0 saturated heterocycles. The van der Waals surface area contributed by atoms with Gasteiger partial charge in [0, 0.05) is 37.9 Å². The molecule has 0 radical (unpaired) electrons. The summed E-state index contributed by atoms with van der Waals surface area (Å²) in [5, 5.41) is 2.82. The highest BCUT2D eigenvalue weighted by atomic mass is 16.1. The number of hydrogen-bond donors (Lipinski definition) is 2. The summed E-state index contributed by atoms with van der Waals surface area (Å²) >= 11 is 0. The third kappa shape index (κ3) is 3.22. The second-order valence-corrected chi connectivity index (χ2v) is 4.41. The van der Waals surface area contributed by atoms with Crippen LogP contribution in [0, 0.1) is 0 Å². The molecule has 0 aliphatic carbocycles. The van der Waals surface area contributed by atoms with Gasteiger partial charge >= 0.3 is 0 Å². The fraction of sp³-hybridized carbons (Fsp3) is 0.143. The second kappa shape index (κ2) is 5.39. The Kier molecular flexibility index (Phi) is 3.66. The summed E-state index contributed by atoms with van der Waals surface area (Å²) in [4.78, 5) is 17.9. The number of anilines is 3. The van der Waals surface area contributed by atoms with E-state index in [0.717, 1.165) is 11.4 Å². The number of nitrogens with two attached hydrogens (primary N) is 1. The van der Waals surface area contributed by atoms with Crippen LogP contribution in [0.2, 0.25) is 0 Å². The summed E-state index contributed by atoms with van der Waals surface area (Å²) in [7, 11) is 3.89. The van der Waals surface area contributed by atoms with Crippen molar-refractivity contribution >= 4 is 23.0 Å². The maximum absolute atomic E-state index is 12.0. The van der Waals surface area contributed by atoms with Gasteiger partial charge in [-0.15, -0.1) is 0 Å². The van der Waals surface area contributed by atoms with Gasteiger partial charge in [0.05, 0.1) is 11.3 Å². The van der Waals surface area contributed by atoms with E-state index in [-0.39, 0.29) is 5.91 Å². The molecule has 1 aromatic carbocycles. The zero-order valence-corrected chi connectivity index (χ0v) is 10.9. The summed E-state index contributed by atoms with van der Waals surface area (Å²) < 4.78 is 0. The quantitative estimate of drug-likeness (QED) is 0.881. The number of benzene rings is 1. The van der Waals surface area contributed by atoms with Gasteiger partial charge in [0.2, 0.25) is 0 Å². The van der Waals surface area contributed by atoms with Crippen LogP contribution < -0.4 is 16.0 Å². The van der Waals surface area contributed by atoms with Crippen LogP contribution in [0.1, 0.15) is 10.4 Å². The van der Waals surface area contributed by atoms with Crippen molar-refractivity contribution in [2.75, 3.05) is 30.0 Å². The molecule has 5 nitrogen and oxygen atoms in total. The number of aromatic nitrogens is 1. The molecular formula is C14H16N4O. The highest BCUT2D eigenvalue weighted by Crippen LogP contribution is 2.18. The normalized spacial score (nSPS) is 10.0. The largest absolute Gasteiger partial charge is 0.397 e. The number of carbonyl (C=O) groups excluding carboxylic acids is 1. The van der Waals surface area contributed by atoms with Crippen molar-refractivity contribution in [1.29, 1.82) is 0 Å². The molecule has 2 rings (SSSR count). The minimum absolute atomic E-state index is 0.226. The maximum Gasteiger partial charge on any atom is 0.257 e. The Morgan fingerprint density at radius 2 is 2.05 bits per heavy atom. The minimum atomic E-state index is -0.226. The Bertz CT molecular complexity index is 596. The number of rotatable bonds is 3. The lowest BCUT2D eigenvalue weighted by molar-refractivity contribution is 0.102. The Morgan fingerprint density at radius 3 is 2.74 bits per heavy atom. The summed E-state index contributed by atoms with van der Waals surface area (Å²) in [5.41, 5.74) is 8.26. The number of hydrogen-bond acceptors (Lipinski definition) is 4. The molecular weight excluding hydrogens is 240 g/mol. The predicted octanol–water partition coefficient (Wildman–Crippen LogP) is 1.98. The average molecular weight is 256 g/mol. The molecule has 1 aromatic heterocycles. The van der Waals surface area contributed by atoms with Crippen LogP contribution in [-0.2, 0) is 0 Å². The number of nitrogens with zero attached hydrogens (tertiary/aromatic N) is 2. The van der Waals surface area contributed by atoms with Crippen molar-refractivity contribution in [3.05, 3.63) is 48.3 Å². The van der Waals surface area contributed by atoms with E-state index in [1.54, 1.807) is 6.07 Å². The van der Waals surface area contributed by atoms with Gasteiger partial charge < -0.3 is 16.0 Å². The number of nitrogens with one attached hydrogen (secondary N) is 1. The molecule has 1 amide bonds. The van der Waals surface area contributed by atoms with Crippen LogP contribution in [0.25, 0.3) is 0 Å². The van der Waals surface area contributed by atoms with E-state index < -0.39 is 0 Å². The standard InChI is InChI=1S/C14H16N4O/c1-18(2)13-5-3-4-12(7-13)17-14(19)10-6-11(15)9-16-8-10/h3-9H,15H2,1-2H3,(H,17,19). The van der Waals surface area contributed by atoms with Crippen LogP contribution in [0.15, 0.2) is 42.7 Å². The molecule has 1 heterocycles. The summed E-state index contributed by atoms with van der Waals surface area (Å²) in [5.74, 6) is -0.226. The van der Waals surface area contributed by atoms with E-state index in [9.17, 15) is 4.79 Å². The first-order valence-corrected chi connectivity index (χ1v) is 5.85. The molecule has 0 unspecified atom stereocenters. The van der Waals surface area contributed by atoms with Crippen LogP contribution >= 0.6 is 0 Å². The first kappa shape index (κ1) is 12.9. The molecule has 0 bridgehead atoms. The SMILES string of the molecule is CN(C)c1cccc(NC(=O)c2cncc(N)c2)c1. The molecule has 3 N–H and O–H groups in total. The Hall–Kier alpha value is -2.56. The number of amides is 1. The van der Waals surface area contributed by atoms with Crippen molar-refractivity contribution in [1.82, 2.24) is 4.98 Å². The highest BCUT2D eigenvalue weighted by molar-refractivity contribution is 6.04. The van der Waals surface area contributed by atoms with Crippen LogP contribution in [0.4, 0.5) is 17.1 Å². The second-order valence-electron chi connectivity index (χ2n) is 4.41. The van der Waals surface area contributed by atoms with Crippen molar-refractivity contribution in [2.45, 2.75) is 0 Å². The van der Waals surface area contributed by atoms with Gasteiger partial charge in [-0.05, 0) is 24.3 Å². The zero-order valence-electron chi connectivity index (χ0n) is 10.9. The van der Waals surface area contributed by atoms with Gasteiger partial charge in [-0.1, -0.05) is 6.07 Å². The number of nitrogen functional groups attached to an aromatic ring is 1. The van der Waals surface area contributed by atoms with E-state index in [1.807, 2.05) is 43.3 Å². The molecule has 2 aromatic rings. The first-order chi connectivity index (χ1) is 9.06. The smallest absolute Gasteiger partial charge is 0.257 e. The van der Waals surface area contributed by atoms with Gasteiger partial charge in [0.25, 0.3) is 5.91 Å². The van der Waals surface area contributed by atoms with Crippen LogP contribution in [-0.4, -0.2) is 25.0 Å². The fourth-order valence-corrected chi connectivity index (χ4v) is 1.65. The van der Waals surface area contributed by atoms with Crippen molar-refractivity contribution in [2.24, 2.45) is 0 Å². The van der Waals surface area contributed by atoms with Crippen molar-refractivity contribution in [3.8, 4) is 0 Å². The molecule has 19 heavy (non-hydrogen) atoms. The number of pyridine rings is 1. The van der Waals surface area contributed by atoms with Crippen LogP contribution in [0.5, 0.6) is 0 Å². The third-order valence-corrected chi connectivity index (χ3v) is 2.64. The van der Waals surface area contributed by atoms with E-state index in [1.165, 1.54) is 12.4 Å². The van der Waals surface area contributed by atoms with Crippen molar-refractivity contribution < 1.29 is 4.79 Å². The monoisotopic (exact) mass is 256 g/mol. The lowest BCUT2D eigenvalue weighted by atomic mass is 10.2. The average Bonchev–Trinajstić information content (AvgIpc) is 2.39. The van der Waals surface area contributed by atoms with Gasteiger partial charge in [-0.25, -0.2) is 0 Å². The molecule has 0 aliphatic heterocycles. The van der Waals surface area contributed by atoms with Gasteiger partial charge in [0.1, 0.15) is 0 Å². The molecule has 0 aliphatic rings. The molecule has 5 heteroatoms. The van der Waals surface area contributed by atoms with Gasteiger partial charge in [-0.2, -0.15) is 0 Å². The predicted molar refractivity (Wildman–Crippen MR) is 77.4 cm³/mol. The summed E-state index contributed by atoms with van der Waals surface area (Å²) in [6.07, 6.45) is 2.99. The Morgan fingerprint density at radius 1 is 1.26 bits per heavy atom. The molecule has 0 saturated carbocycles. The molecule has 0 fully saturated rings. The molecule has 0 spiro atoms. The summed E-state index contributed by atoms with van der Waals surface area (Å²) in [6.45, 7) is 0. The maximum atomic E-state index is 12.0. The van der Waals surface area contributed by atoms with E-state index in [2.05, 4.69) is 10.3 Å². The van der Waals surface area contributed by atoms with Crippen molar-refractivity contribution in [3.63, 3.8) is 0 Å².